The standard InChI is InChI=1S/C15H14Cl3N/c16-12-5-2-1-4-10(12)8-11(9-19)15-13(17)6-3-7-14(15)18/h1-7,11H,8-9,19H2. The summed E-state index contributed by atoms with van der Waals surface area (Å²) in [5, 5.41) is 2.04. The number of halogens is 3. The van der Waals surface area contributed by atoms with Crippen molar-refractivity contribution in [1.29, 1.82) is 0 Å². The predicted octanol–water partition coefficient (Wildman–Crippen LogP) is 4.93. The highest BCUT2D eigenvalue weighted by Gasteiger charge is 2.18. The van der Waals surface area contributed by atoms with Crippen molar-refractivity contribution in [1.82, 2.24) is 0 Å². The molecule has 0 saturated carbocycles. The molecule has 0 amide bonds. The van der Waals surface area contributed by atoms with E-state index in [0.29, 0.717) is 16.6 Å². The average Bonchev–Trinajstić information content (AvgIpc) is 2.39. The topological polar surface area (TPSA) is 26.0 Å². The van der Waals surface area contributed by atoms with Crippen molar-refractivity contribution < 1.29 is 0 Å². The third kappa shape index (κ3) is 3.43. The Bertz CT molecular complexity index is 549. The summed E-state index contributed by atoms with van der Waals surface area (Å²) in [5.74, 6) is 0.0566. The first-order chi connectivity index (χ1) is 9.13. The van der Waals surface area contributed by atoms with Crippen LogP contribution in [0, 0.1) is 0 Å². The molecule has 0 saturated heterocycles. The molecule has 2 N–H and O–H groups in total. The lowest BCUT2D eigenvalue weighted by Crippen LogP contribution is -2.16. The van der Waals surface area contributed by atoms with Crippen molar-refractivity contribution in [2.24, 2.45) is 5.73 Å². The van der Waals surface area contributed by atoms with Gasteiger partial charge in [0.05, 0.1) is 0 Å². The van der Waals surface area contributed by atoms with E-state index in [1.54, 1.807) is 0 Å². The molecule has 0 aliphatic heterocycles. The summed E-state index contributed by atoms with van der Waals surface area (Å²) in [6.45, 7) is 0.467. The zero-order chi connectivity index (χ0) is 13.8. The van der Waals surface area contributed by atoms with E-state index >= 15 is 0 Å². The first kappa shape index (κ1) is 14.7. The van der Waals surface area contributed by atoms with Crippen LogP contribution in [0.25, 0.3) is 0 Å². The molecule has 2 aromatic carbocycles. The van der Waals surface area contributed by atoms with Crippen LogP contribution in [0.3, 0.4) is 0 Å². The van der Waals surface area contributed by atoms with Gasteiger partial charge >= 0.3 is 0 Å². The van der Waals surface area contributed by atoms with Crippen LogP contribution in [0.1, 0.15) is 17.0 Å². The Morgan fingerprint density at radius 2 is 1.42 bits per heavy atom. The second kappa shape index (κ2) is 6.62. The van der Waals surface area contributed by atoms with Crippen LogP contribution in [0.2, 0.25) is 15.1 Å². The van der Waals surface area contributed by atoms with Crippen molar-refractivity contribution in [3.05, 3.63) is 68.7 Å². The molecule has 100 valence electrons. The second-order valence-electron chi connectivity index (χ2n) is 4.36. The molecule has 0 bridgehead atoms. The van der Waals surface area contributed by atoms with Gasteiger partial charge in [-0.25, -0.2) is 0 Å². The lowest BCUT2D eigenvalue weighted by Gasteiger charge is -2.19. The van der Waals surface area contributed by atoms with Crippen LogP contribution in [-0.2, 0) is 6.42 Å². The Balaban J connectivity index is 2.34. The summed E-state index contributed by atoms with van der Waals surface area (Å²) < 4.78 is 0. The molecule has 0 heterocycles. The van der Waals surface area contributed by atoms with Crippen LogP contribution in [0.5, 0.6) is 0 Å². The molecule has 1 atom stereocenters. The second-order valence-corrected chi connectivity index (χ2v) is 5.59. The molecule has 0 radical (unpaired) electrons. The Kier molecular flexibility index (Phi) is 5.12. The van der Waals surface area contributed by atoms with E-state index in [0.717, 1.165) is 22.6 Å². The molecule has 0 fully saturated rings. The molecule has 2 aromatic rings. The van der Waals surface area contributed by atoms with Gasteiger partial charge < -0.3 is 5.73 Å². The Hall–Kier alpha value is -0.730. The van der Waals surface area contributed by atoms with Crippen molar-refractivity contribution in [3.8, 4) is 0 Å². The highest BCUT2D eigenvalue weighted by molar-refractivity contribution is 6.36. The quantitative estimate of drug-likeness (QED) is 0.850. The van der Waals surface area contributed by atoms with E-state index in [1.165, 1.54) is 0 Å². The summed E-state index contributed by atoms with van der Waals surface area (Å²) in [6, 6.07) is 13.2. The Morgan fingerprint density at radius 1 is 0.842 bits per heavy atom. The van der Waals surface area contributed by atoms with Gasteiger partial charge in [0, 0.05) is 21.0 Å². The van der Waals surface area contributed by atoms with Gasteiger partial charge in [-0.3, -0.25) is 0 Å². The fraction of sp³-hybridized carbons (Fsp3) is 0.200. The monoisotopic (exact) mass is 313 g/mol. The fourth-order valence-corrected chi connectivity index (χ4v) is 3.05. The molecule has 1 unspecified atom stereocenters. The van der Waals surface area contributed by atoms with E-state index < -0.39 is 0 Å². The van der Waals surface area contributed by atoms with Gasteiger partial charge in [-0.05, 0) is 42.3 Å². The smallest absolute Gasteiger partial charge is 0.0456 e. The molecule has 0 aliphatic rings. The molecular formula is C15H14Cl3N. The molecule has 2 rings (SSSR count). The zero-order valence-electron chi connectivity index (χ0n) is 10.2. The fourth-order valence-electron chi connectivity index (χ4n) is 2.13. The van der Waals surface area contributed by atoms with Crippen LogP contribution >= 0.6 is 34.8 Å². The number of rotatable bonds is 4. The maximum atomic E-state index is 6.24. The van der Waals surface area contributed by atoms with E-state index in [4.69, 9.17) is 40.5 Å². The number of hydrogen-bond donors (Lipinski definition) is 1. The van der Waals surface area contributed by atoms with E-state index in [1.807, 2.05) is 42.5 Å². The third-order valence-electron chi connectivity index (χ3n) is 3.12. The van der Waals surface area contributed by atoms with Gasteiger partial charge in [0.25, 0.3) is 0 Å². The zero-order valence-corrected chi connectivity index (χ0v) is 12.5. The summed E-state index contributed by atoms with van der Waals surface area (Å²) in [7, 11) is 0. The van der Waals surface area contributed by atoms with Crippen LogP contribution < -0.4 is 5.73 Å². The maximum Gasteiger partial charge on any atom is 0.0456 e. The number of benzene rings is 2. The van der Waals surface area contributed by atoms with Crippen LogP contribution in [0.15, 0.2) is 42.5 Å². The largest absolute Gasteiger partial charge is 0.330 e. The first-order valence-corrected chi connectivity index (χ1v) is 7.14. The summed E-state index contributed by atoms with van der Waals surface area (Å²) >= 11 is 18.7. The van der Waals surface area contributed by atoms with Gasteiger partial charge in [-0.1, -0.05) is 59.1 Å². The van der Waals surface area contributed by atoms with E-state index in [-0.39, 0.29) is 5.92 Å². The Morgan fingerprint density at radius 3 is 2.00 bits per heavy atom. The minimum absolute atomic E-state index is 0.0566. The van der Waals surface area contributed by atoms with Gasteiger partial charge in [-0.15, -0.1) is 0 Å². The van der Waals surface area contributed by atoms with Gasteiger partial charge in [0.1, 0.15) is 0 Å². The maximum absolute atomic E-state index is 6.24. The van der Waals surface area contributed by atoms with Crippen molar-refractivity contribution in [2.75, 3.05) is 6.54 Å². The molecular weight excluding hydrogens is 301 g/mol. The van der Waals surface area contributed by atoms with E-state index in [2.05, 4.69) is 0 Å². The molecule has 0 spiro atoms. The lowest BCUT2D eigenvalue weighted by molar-refractivity contribution is 0.695. The number of hydrogen-bond acceptors (Lipinski definition) is 1. The molecule has 4 heteroatoms. The minimum Gasteiger partial charge on any atom is -0.330 e. The Labute approximate surface area is 128 Å². The number of nitrogens with two attached hydrogens (primary N) is 1. The average molecular weight is 315 g/mol. The minimum atomic E-state index is 0.0566. The molecule has 19 heavy (non-hydrogen) atoms. The van der Waals surface area contributed by atoms with Crippen molar-refractivity contribution >= 4 is 34.8 Å². The van der Waals surface area contributed by atoms with Gasteiger partial charge in [-0.2, -0.15) is 0 Å². The van der Waals surface area contributed by atoms with Crippen LogP contribution in [-0.4, -0.2) is 6.54 Å². The first-order valence-electron chi connectivity index (χ1n) is 6.01. The molecule has 0 aliphatic carbocycles. The lowest BCUT2D eigenvalue weighted by atomic mass is 9.92. The SMILES string of the molecule is NCC(Cc1ccccc1Cl)c1c(Cl)cccc1Cl. The summed E-state index contributed by atoms with van der Waals surface area (Å²) in [4.78, 5) is 0. The van der Waals surface area contributed by atoms with Crippen molar-refractivity contribution in [3.63, 3.8) is 0 Å². The van der Waals surface area contributed by atoms with Crippen molar-refractivity contribution in [2.45, 2.75) is 12.3 Å². The molecule has 1 nitrogen and oxygen atoms in total. The van der Waals surface area contributed by atoms with Gasteiger partial charge in [0.2, 0.25) is 0 Å². The third-order valence-corrected chi connectivity index (χ3v) is 4.14. The van der Waals surface area contributed by atoms with Crippen LogP contribution in [0.4, 0.5) is 0 Å². The van der Waals surface area contributed by atoms with Gasteiger partial charge in [0.15, 0.2) is 0 Å². The predicted molar refractivity (Wildman–Crippen MR) is 83.4 cm³/mol. The highest BCUT2D eigenvalue weighted by atomic mass is 35.5. The molecule has 0 aromatic heterocycles. The summed E-state index contributed by atoms with van der Waals surface area (Å²) in [6.07, 6.45) is 0.722. The highest BCUT2D eigenvalue weighted by Crippen LogP contribution is 2.34. The van der Waals surface area contributed by atoms with E-state index in [9.17, 15) is 0 Å². The summed E-state index contributed by atoms with van der Waals surface area (Å²) in [5.41, 5.74) is 7.83. The normalized spacial score (nSPS) is 12.4.